The monoisotopic (exact) mass is 305 g/mol. The molecule has 0 unspecified atom stereocenters. The molecule has 0 amide bonds. The Labute approximate surface area is 119 Å². The molecule has 0 bridgehead atoms. The molecule has 0 saturated carbocycles. The number of sulfone groups is 1. The molecular weight excluding hydrogens is 294 g/mol. The third-order valence-electron chi connectivity index (χ3n) is 2.91. The number of pyridine rings is 1. The van der Waals surface area contributed by atoms with E-state index < -0.39 is 9.84 Å². The van der Waals surface area contributed by atoms with E-state index in [-0.39, 0.29) is 10.5 Å². The van der Waals surface area contributed by atoms with Crippen molar-refractivity contribution in [2.45, 2.75) is 4.90 Å². The maximum absolute atomic E-state index is 12.3. The summed E-state index contributed by atoms with van der Waals surface area (Å²) in [5.41, 5.74) is 0.0779. The number of imidazole rings is 1. The van der Waals surface area contributed by atoms with Gasteiger partial charge < -0.3 is 0 Å². The summed E-state index contributed by atoms with van der Waals surface area (Å²) in [4.78, 5) is 20.2. The summed E-state index contributed by atoms with van der Waals surface area (Å²) in [5, 5.41) is 2.78. The minimum atomic E-state index is -3.31. The second-order valence-corrected chi connectivity index (χ2v) is 6.41. The molecule has 3 aromatic heterocycles. The number of hydrogen-bond donors (Lipinski definition) is 1. The fourth-order valence-electron chi connectivity index (χ4n) is 1.84. The summed E-state index contributed by atoms with van der Waals surface area (Å²) in [6, 6.07) is 2.87. The molecule has 0 aliphatic carbocycles. The van der Waals surface area contributed by atoms with E-state index >= 15 is 0 Å². The van der Waals surface area contributed by atoms with Crippen molar-refractivity contribution in [2.24, 2.45) is 0 Å². The Hall–Kier alpha value is -2.68. The highest BCUT2D eigenvalue weighted by Gasteiger charge is 2.12. The SMILES string of the molecule is CS(=O)(=O)c1ccc(-n2[nH]cc(-n3ccnc3)c2=O)nc1. The van der Waals surface area contributed by atoms with E-state index in [1.165, 1.54) is 35.5 Å². The van der Waals surface area contributed by atoms with Gasteiger partial charge in [0.25, 0.3) is 5.56 Å². The molecule has 0 aliphatic heterocycles. The van der Waals surface area contributed by atoms with Crippen molar-refractivity contribution >= 4 is 9.84 Å². The highest BCUT2D eigenvalue weighted by molar-refractivity contribution is 7.90. The molecule has 1 N–H and O–H groups in total. The fourth-order valence-corrected chi connectivity index (χ4v) is 2.40. The van der Waals surface area contributed by atoms with Crippen molar-refractivity contribution in [1.82, 2.24) is 24.3 Å². The highest BCUT2D eigenvalue weighted by atomic mass is 32.2. The fraction of sp³-hybridized carbons (Fsp3) is 0.0833. The number of nitrogens with one attached hydrogen (secondary N) is 1. The van der Waals surface area contributed by atoms with Crippen LogP contribution in [-0.2, 0) is 9.84 Å². The number of H-pyrrole nitrogens is 1. The summed E-state index contributed by atoms with van der Waals surface area (Å²) in [6.45, 7) is 0. The van der Waals surface area contributed by atoms with Crippen LogP contribution in [0.4, 0.5) is 0 Å². The zero-order chi connectivity index (χ0) is 15.0. The number of aromatic nitrogens is 5. The number of rotatable bonds is 3. The van der Waals surface area contributed by atoms with Gasteiger partial charge in [-0.15, -0.1) is 0 Å². The lowest BCUT2D eigenvalue weighted by Gasteiger charge is -2.02. The maximum Gasteiger partial charge on any atom is 0.296 e. The zero-order valence-electron chi connectivity index (χ0n) is 11.0. The lowest BCUT2D eigenvalue weighted by atomic mass is 10.4. The second kappa shape index (κ2) is 4.70. The van der Waals surface area contributed by atoms with Crippen molar-refractivity contribution in [1.29, 1.82) is 0 Å². The van der Waals surface area contributed by atoms with Gasteiger partial charge >= 0.3 is 0 Å². The molecule has 8 nitrogen and oxygen atoms in total. The standard InChI is InChI=1S/C12H11N5O3S/c1-21(19,20)9-2-3-11(14-6-9)17-12(18)10(7-15-17)16-5-4-13-8-16/h2-8,15H,1H3. The van der Waals surface area contributed by atoms with Crippen molar-refractivity contribution < 1.29 is 8.42 Å². The van der Waals surface area contributed by atoms with E-state index in [0.717, 1.165) is 6.26 Å². The Bertz CT molecular complexity index is 920. The number of aromatic amines is 1. The van der Waals surface area contributed by atoms with Crippen LogP contribution >= 0.6 is 0 Å². The minimum Gasteiger partial charge on any atom is -0.300 e. The van der Waals surface area contributed by atoms with Crippen molar-refractivity contribution in [3.05, 3.63) is 53.6 Å². The van der Waals surface area contributed by atoms with E-state index in [0.29, 0.717) is 11.5 Å². The van der Waals surface area contributed by atoms with Gasteiger partial charge in [-0.3, -0.25) is 14.5 Å². The van der Waals surface area contributed by atoms with Gasteiger partial charge in [-0.25, -0.2) is 18.4 Å². The van der Waals surface area contributed by atoms with Gasteiger partial charge in [0.2, 0.25) is 0 Å². The molecule has 3 heterocycles. The summed E-state index contributed by atoms with van der Waals surface area (Å²) in [5.74, 6) is 0.304. The topological polar surface area (TPSA) is 103 Å². The largest absolute Gasteiger partial charge is 0.300 e. The molecule has 0 saturated heterocycles. The van der Waals surface area contributed by atoms with Crippen LogP contribution in [-0.4, -0.2) is 39.0 Å². The van der Waals surface area contributed by atoms with Crippen LogP contribution in [0.25, 0.3) is 11.5 Å². The summed E-state index contributed by atoms with van der Waals surface area (Å²) in [7, 11) is -3.31. The molecule has 3 aromatic rings. The van der Waals surface area contributed by atoms with Crippen LogP contribution in [0.5, 0.6) is 0 Å². The van der Waals surface area contributed by atoms with Crippen LogP contribution in [0, 0.1) is 0 Å². The molecule has 0 aromatic carbocycles. The Morgan fingerprint density at radius 2 is 2.10 bits per heavy atom. The molecule has 0 aliphatic rings. The number of nitrogens with zero attached hydrogens (tertiary/aromatic N) is 4. The van der Waals surface area contributed by atoms with E-state index in [4.69, 9.17) is 0 Å². The minimum absolute atomic E-state index is 0.0979. The zero-order valence-corrected chi connectivity index (χ0v) is 11.8. The lowest BCUT2D eigenvalue weighted by molar-refractivity contribution is 0.601. The van der Waals surface area contributed by atoms with Crippen molar-refractivity contribution in [2.75, 3.05) is 6.26 Å². The molecular formula is C12H11N5O3S. The smallest absolute Gasteiger partial charge is 0.296 e. The molecule has 108 valence electrons. The van der Waals surface area contributed by atoms with Crippen molar-refractivity contribution in [3.8, 4) is 11.5 Å². The Morgan fingerprint density at radius 1 is 1.29 bits per heavy atom. The quantitative estimate of drug-likeness (QED) is 0.742. The van der Waals surface area contributed by atoms with Gasteiger partial charge in [-0.05, 0) is 12.1 Å². The van der Waals surface area contributed by atoms with Crippen LogP contribution in [0.2, 0.25) is 0 Å². The lowest BCUT2D eigenvalue weighted by Crippen LogP contribution is -2.19. The molecule has 21 heavy (non-hydrogen) atoms. The second-order valence-electron chi connectivity index (χ2n) is 4.39. The third kappa shape index (κ3) is 2.38. The molecule has 0 radical (unpaired) electrons. The molecule has 0 fully saturated rings. The van der Waals surface area contributed by atoms with Crippen LogP contribution in [0.1, 0.15) is 0 Å². The predicted octanol–water partition coefficient (Wildman–Crippen LogP) is 0.150. The van der Waals surface area contributed by atoms with Gasteiger partial charge in [0.15, 0.2) is 15.7 Å². The van der Waals surface area contributed by atoms with Crippen LogP contribution in [0.3, 0.4) is 0 Å². The Kier molecular flexibility index (Phi) is 2.98. The first-order valence-corrected chi connectivity index (χ1v) is 7.81. The van der Waals surface area contributed by atoms with Crippen LogP contribution in [0.15, 0.2) is 52.9 Å². The van der Waals surface area contributed by atoms with E-state index in [2.05, 4.69) is 15.1 Å². The highest BCUT2D eigenvalue weighted by Crippen LogP contribution is 2.09. The first kappa shape index (κ1) is 13.3. The van der Waals surface area contributed by atoms with Gasteiger partial charge in [0.1, 0.15) is 5.69 Å². The van der Waals surface area contributed by atoms with Gasteiger partial charge in [0.05, 0.1) is 11.2 Å². The average molecular weight is 305 g/mol. The summed E-state index contributed by atoms with van der Waals surface area (Å²) < 4.78 is 25.6. The van der Waals surface area contributed by atoms with E-state index in [1.807, 2.05) is 0 Å². The van der Waals surface area contributed by atoms with Crippen LogP contribution < -0.4 is 5.56 Å². The molecule has 9 heteroatoms. The van der Waals surface area contributed by atoms with E-state index in [9.17, 15) is 13.2 Å². The molecule has 3 rings (SSSR count). The Morgan fingerprint density at radius 3 is 2.67 bits per heavy atom. The van der Waals surface area contributed by atoms with Crippen molar-refractivity contribution in [3.63, 3.8) is 0 Å². The maximum atomic E-state index is 12.3. The van der Waals surface area contributed by atoms with Gasteiger partial charge in [0, 0.05) is 31.0 Å². The molecule has 0 atom stereocenters. The number of hydrogen-bond acceptors (Lipinski definition) is 5. The summed E-state index contributed by atoms with van der Waals surface area (Å²) >= 11 is 0. The van der Waals surface area contributed by atoms with E-state index in [1.54, 1.807) is 17.0 Å². The van der Waals surface area contributed by atoms with Gasteiger partial charge in [-0.2, -0.15) is 4.68 Å². The van der Waals surface area contributed by atoms with Gasteiger partial charge in [-0.1, -0.05) is 0 Å². The Balaban J connectivity index is 2.04. The average Bonchev–Trinajstić information content (AvgIpc) is 3.07. The first-order chi connectivity index (χ1) is 9.97. The predicted molar refractivity (Wildman–Crippen MR) is 74.4 cm³/mol. The summed E-state index contributed by atoms with van der Waals surface area (Å²) in [6.07, 6.45) is 8.56. The third-order valence-corrected chi connectivity index (χ3v) is 4.01. The molecule has 0 spiro atoms. The first-order valence-electron chi connectivity index (χ1n) is 5.92. The normalized spacial score (nSPS) is 11.7.